The zero-order valence-electron chi connectivity index (χ0n) is 12.5. The lowest BCUT2D eigenvalue weighted by Gasteiger charge is -2.34. The van der Waals surface area contributed by atoms with Crippen molar-refractivity contribution in [3.8, 4) is 0 Å². The number of amides is 1. The molecule has 0 bridgehead atoms. The highest BCUT2D eigenvalue weighted by Gasteiger charge is 2.23. The fourth-order valence-electron chi connectivity index (χ4n) is 2.69. The number of hydrogen-bond donors (Lipinski definition) is 2. The summed E-state index contributed by atoms with van der Waals surface area (Å²) < 4.78 is 0. The number of likely N-dealkylation sites (tertiary alicyclic amines) is 1. The molecule has 1 heterocycles. The van der Waals surface area contributed by atoms with Crippen molar-refractivity contribution in [2.24, 2.45) is 0 Å². The average Bonchev–Trinajstić information content (AvgIpc) is 2.47. The molecule has 1 aromatic carbocycles. The first kappa shape index (κ1) is 15.5. The summed E-state index contributed by atoms with van der Waals surface area (Å²) in [5, 5.41) is 12.1. The molecule has 0 aromatic heterocycles. The van der Waals surface area contributed by atoms with Gasteiger partial charge in [0.1, 0.15) is 0 Å². The Morgan fingerprint density at radius 3 is 2.29 bits per heavy atom. The van der Waals surface area contributed by atoms with Crippen molar-refractivity contribution in [3.63, 3.8) is 0 Å². The molecule has 0 spiro atoms. The Morgan fingerprint density at radius 1 is 1.19 bits per heavy atom. The maximum Gasteiger partial charge on any atom is 0.336 e. The minimum absolute atomic E-state index is 0.0506. The van der Waals surface area contributed by atoms with E-state index in [0.717, 1.165) is 25.9 Å². The number of piperidine rings is 1. The lowest BCUT2D eigenvalue weighted by atomic mass is 10.0. The van der Waals surface area contributed by atoms with Gasteiger partial charge in [-0.15, -0.1) is 0 Å². The van der Waals surface area contributed by atoms with Gasteiger partial charge in [0, 0.05) is 25.2 Å². The summed E-state index contributed by atoms with van der Waals surface area (Å²) in [5.41, 5.74) is 0.283. The normalized spacial score (nSPS) is 16.9. The maximum absolute atomic E-state index is 12.3. The van der Waals surface area contributed by atoms with Crippen molar-refractivity contribution in [1.82, 2.24) is 10.2 Å². The van der Waals surface area contributed by atoms with Gasteiger partial charge in [-0.3, -0.25) is 4.79 Å². The third-order valence-corrected chi connectivity index (χ3v) is 4.00. The van der Waals surface area contributed by atoms with Crippen LogP contribution in [0.25, 0.3) is 0 Å². The standard InChI is InChI=1S/C16H22N2O3/c1-11(2)18-9-7-12(8-10-18)17-15(19)13-5-3-4-6-14(13)16(20)21/h3-6,11-12H,7-10H2,1-2H3,(H,17,19)(H,20,21). The van der Waals surface area contributed by atoms with Crippen molar-refractivity contribution >= 4 is 11.9 Å². The third kappa shape index (κ3) is 3.82. The zero-order chi connectivity index (χ0) is 15.4. The van der Waals surface area contributed by atoms with E-state index in [0.29, 0.717) is 6.04 Å². The quantitative estimate of drug-likeness (QED) is 0.889. The van der Waals surface area contributed by atoms with Crippen molar-refractivity contribution in [1.29, 1.82) is 0 Å². The Kier molecular flexibility index (Phi) is 4.96. The van der Waals surface area contributed by atoms with Crippen molar-refractivity contribution < 1.29 is 14.7 Å². The molecule has 5 heteroatoms. The second-order valence-corrected chi connectivity index (χ2v) is 5.73. The fourth-order valence-corrected chi connectivity index (χ4v) is 2.69. The molecule has 1 amide bonds. The van der Waals surface area contributed by atoms with Gasteiger partial charge in [-0.2, -0.15) is 0 Å². The first-order chi connectivity index (χ1) is 9.99. The van der Waals surface area contributed by atoms with E-state index in [1.165, 1.54) is 6.07 Å². The average molecular weight is 290 g/mol. The second-order valence-electron chi connectivity index (χ2n) is 5.73. The number of hydrogen-bond acceptors (Lipinski definition) is 3. The van der Waals surface area contributed by atoms with Crippen LogP contribution in [0.2, 0.25) is 0 Å². The number of carboxylic acid groups (broad SMARTS) is 1. The van der Waals surface area contributed by atoms with Crippen LogP contribution in [0, 0.1) is 0 Å². The largest absolute Gasteiger partial charge is 0.478 e. The summed E-state index contributed by atoms with van der Waals surface area (Å²) in [6.45, 7) is 6.26. The fraction of sp³-hybridized carbons (Fsp3) is 0.500. The lowest BCUT2D eigenvalue weighted by molar-refractivity contribution is 0.0689. The number of nitrogens with one attached hydrogen (secondary N) is 1. The van der Waals surface area contributed by atoms with E-state index >= 15 is 0 Å². The van der Waals surface area contributed by atoms with Gasteiger partial charge in [0.05, 0.1) is 11.1 Å². The van der Waals surface area contributed by atoms with E-state index in [9.17, 15) is 9.59 Å². The highest BCUT2D eigenvalue weighted by Crippen LogP contribution is 2.15. The van der Waals surface area contributed by atoms with Gasteiger partial charge in [0.2, 0.25) is 0 Å². The van der Waals surface area contributed by atoms with Gasteiger partial charge >= 0.3 is 5.97 Å². The van der Waals surface area contributed by atoms with Crippen LogP contribution in [0.3, 0.4) is 0 Å². The number of carbonyl (C=O) groups is 2. The highest BCUT2D eigenvalue weighted by atomic mass is 16.4. The minimum Gasteiger partial charge on any atom is -0.478 e. The molecular formula is C16H22N2O3. The van der Waals surface area contributed by atoms with Gasteiger partial charge < -0.3 is 15.3 Å². The number of carbonyl (C=O) groups excluding carboxylic acids is 1. The molecule has 5 nitrogen and oxygen atoms in total. The van der Waals surface area contributed by atoms with E-state index in [2.05, 4.69) is 24.1 Å². The van der Waals surface area contributed by atoms with Crippen LogP contribution in [-0.4, -0.2) is 47.1 Å². The number of aromatic carboxylic acids is 1. The minimum atomic E-state index is -1.07. The molecule has 1 aliphatic rings. The molecule has 0 unspecified atom stereocenters. The Labute approximate surface area is 125 Å². The first-order valence-electron chi connectivity index (χ1n) is 7.36. The van der Waals surface area contributed by atoms with E-state index in [4.69, 9.17) is 5.11 Å². The number of carboxylic acids is 1. The number of nitrogens with zero attached hydrogens (tertiary/aromatic N) is 1. The van der Waals surface area contributed by atoms with Gasteiger partial charge in [-0.1, -0.05) is 12.1 Å². The zero-order valence-corrected chi connectivity index (χ0v) is 12.5. The van der Waals surface area contributed by atoms with Crippen LogP contribution in [0.15, 0.2) is 24.3 Å². The molecule has 21 heavy (non-hydrogen) atoms. The predicted molar refractivity (Wildman–Crippen MR) is 80.6 cm³/mol. The molecule has 0 saturated carbocycles. The van der Waals surface area contributed by atoms with Crippen molar-refractivity contribution in [2.45, 2.75) is 38.8 Å². The van der Waals surface area contributed by atoms with Gasteiger partial charge in [0.25, 0.3) is 5.91 Å². The van der Waals surface area contributed by atoms with E-state index in [1.807, 2.05) is 0 Å². The third-order valence-electron chi connectivity index (χ3n) is 4.00. The lowest BCUT2D eigenvalue weighted by Crippen LogP contribution is -2.46. The summed E-state index contributed by atoms with van der Waals surface area (Å²) >= 11 is 0. The highest BCUT2D eigenvalue weighted by molar-refractivity contribution is 6.04. The van der Waals surface area contributed by atoms with Gasteiger partial charge in [0.15, 0.2) is 0 Å². The molecule has 2 N–H and O–H groups in total. The maximum atomic E-state index is 12.3. The van der Waals surface area contributed by atoms with E-state index in [-0.39, 0.29) is 23.1 Å². The van der Waals surface area contributed by atoms with Crippen LogP contribution in [0.1, 0.15) is 47.4 Å². The summed E-state index contributed by atoms with van der Waals surface area (Å²) in [7, 11) is 0. The molecule has 1 saturated heterocycles. The molecule has 1 fully saturated rings. The van der Waals surface area contributed by atoms with Gasteiger partial charge in [-0.25, -0.2) is 4.79 Å². The Balaban J connectivity index is 1.98. The molecule has 114 valence electrons. The van der Waals surface area contributed by atoms with Crippen LogP contribution in [-0.2, 0) is 0 Å². The Hall–Kier alpha value is -1.88. The molecule has 0 aliphatic carbocycles. The van der Waals surface area contributed by atoms with Crippen LogP contribution < -0.4 is 5.32 Å². The summed E-state index contributed by atoms with van der Waals surface area (Å²) in [5.74, 6) is -1.37. The molecule has 0 radical (unpaired) electrons. The molecule has 0 atom stereocenters. The van der Waals surface area contributed by atoms with Gasteiger partial charge in [-0.05, 0) is 38.8 Å². The summed E-state index contributed by atoms with van der Waals surface area (Å²) in [4.78, 5) is 25.8. The van der Waals surface area contributed by atoms with E-state index < -0.39 is 5.97 Å². The monoisotopic (exact) mass is 290 g/mol. The smallest absolute Gasteiger partial charge is 0.336 e. The molecule has 1 aliphatic heterocycles. The van der Waals surface area contributed by atoms with Crippen molar-refractivity contribution in [2.75, 3.05) is 13.1 Å². The number of benzene rings is 1. The number of rotatable bonds is 4. The van der Waals surface area contributed by atoms with Crippen molar-refractivity contribution in [3.05, 3.63) is 35.4 Å². The molecule has 1 aromatic rings. The van der Waals surface area contributed by atoms with Crippen LogP contribution >= 0.6 is 0 Å². The molecule has 2 rings (SSSR count). The summed E-state index contributed by atoms with van der Waals surface area (Å²) in [6, 6.07) is 6.97. The first-order valence-corrected chi connectivity index (χ1v) is 7.36. The Bertz CT molecular complexity index is 520. The molecular weight excluding hydrogens is 268 g/mol. The second kappa shape index (κ2) is 6.72. The SMILES string of the molecule is CC(C)N1CCC(NC(=O)c2ccccc2C(=O)O)CC1. The summed E-state index contributed by atoms with van der Waals surface area (Å²) in [6.07, 6.45) is 1.80. The Morgan fingerprint density at radius 2 is 1.76 bits per heavy atom. The topological polar surface area (TPSA) is 69.6 Å². The predicted octanol–water partition coefficient (Wildman–Crippen LogP) is 1.99. The van der Waals surface area contributed by atoms with Crippen LogP contribution in [0.4, 0.5) is 0 Å². The van der Waals surface area contributed by atoms with E-state index in [1.54, 1.807) is 18.2 Å². The van der Waals surface area contributed by atoms with Crippen LogP contribution in [0.5, 0.6) is 0 Å².